The molecule has 3 heteroatoms. The summed E-state index contributed by atoms with van der Waals surface area (Å²) in [6.07, 6.45) is 14.6. The van der Waals surface area contributed by atoms with Crippen LogP contribution in [0.5, 0.6) is 5.75 Å². The Balaban J connectivity index is 1.48. The van der Waals surface area contributed by atoms with Crippen molar-refractivity contribution in [3.63, 3.8) is 0 Å². The van der Waals surface area contributed by atoms with E-state index >= 15 is 0 Å². The largest absolute Gasteiger partial charge is 0.486 e. The zero-order valence-corrected chi connectivity index (χ0v) is 19.6. The van der Waals surface area contributed by atoms with Gasteiger partial charge < -0.3 is 9.30 Å². The van der Waals surface area contributed by atoms with Crippen molar-refractivity contribution in [2.24, 2.45) is 0 Å². The Morgan fingerprint density at radius 3 is 2.06 bits per heavy atom. The lowest BCUT2D eigenvalue weighted by Gasteiger charge is -2.11. The lowest BCUT2D eigenvalue weighted by molar-refractivity contribution is 0.289. The minimum Gasteiger partial charge on any atom is -0.486 e. The summed E-state index contributed by atoms with van der Waals surface area (Å²) < 4.78 is 8.44. The van der Waals surface area contributed by atoms with Crippen LogP contribution in [0.1, 0.15) is 89.4 Å². The second kappa shape index (κ2) is 13.2. The summed E-state index contributed by atoms with van der Waals surface area (Å²) in [6.45, 7) is 5.99. The van der Waals surface area contributed by atoms with Crippen LogP contribution in [0.4, 0.5) is 0 Å². The minimum absolute atomic E-state index is 0.512. The number of para-hydroxylation sites is 2. The Bertz CT molecular complexity index is 882. The minimum atomic E-state index is 0.512. The van der Waals surface area contributed by atoms with Gasteiger partial charge in [0.15, 0.2) is 0 Å². The number of aromatic nitrogens is 2. The SMILES string of the molecule is CCCCCCCCCCCCn1c(COc2ccc(CC)cc2)nc2ccccc21. The molecule has 3 aromatic rings. The Morgan fingerprint density at radius 2 is 1.39 bits per heavy atom. The summed E-state index contributed by atoms with van der Waals surface area (Å²) in [5, 5.41) is 0. The Hall–Kier alpha value is -2.29. The topological polar surface area (TPSA) is 27.1 Å². The molecular formula is C28H40N2O. The zero-order valence-electron chi connectivity index (χ0n) is 19.6. The van der Waals surface area contributed by atoms with Crippen LogP contribution in [0.3, 0.4) is 0 Å². The maximum atomic E-state index is 6.08. The van der Waals surface area contributed by atoms with Gasteiger partial charge in [0, 0.05) is 6.54 Å². The summed E-state index contributed by atoms with van der Waals surface area (Å²) in [4.78, 5) is 4.86. The molecule has 0 saturated carbocycles. The Kier molecular flexibility index (Phi) is 9.95. The van der Waals surface area contributed by atoms with Crippen molar-refractivity contribution in [3.05, 3.63) is 59.9 Å². The first-order valence-electron chi connectivity index (χ1n) is 12.5. The lowest BCUT2D eigenvalue weighted by atomic mass is 10.1. The van der Waals surface area contributed by atoms with E-state index in [1.165, 1.54) is 75.3 Å². The van der Waals surface area contributed by atoms with Crippen LogP contribution in [0, 0.1) is 0 Å². The number of ether oxygens (including phenoxy) is 1. The third-order valence-electron chi connectivity index (χ3n) is 6.17. The van der Waals surface area contributed by atoms with E-state index in [0.717, 1.165) is 30.1 Å². The molecule has 2 aromatic carbocycles. The van der Waals surface area contributed by atoms with Gasteiger partial charge in [-0.15, -0.1) is 0 Å². The summed E-state index contributed by atoms with van der Waals surface area (Å²) in [5.74, 6) is 1.94. The Labute approximate surface area is 188 Å². The number of aryl methyl sites for hydroxylation is 2. The van der Waals surface area contributed by atoms with Crippen molar-refractivity contribution in [3.8, 4) is 5.75 Å². The molecule has 0 fully saturated rings. The fourth-order valence-electron chi connectivity index (χ4n) is 4.21. The second-order valence-corrected chi connectivity index (χ2v) is 8.64. The highest BCUT2D eigenvalue weighted by atomic mass is 16.5. The van der Waals surface area contributed by atoms with Crippen LogP contribution in [0.2, 0.25) is 0 Å². The van der Waals surface area contributed by atoms with Crippen molar-refractivity contribution in [2.75, 3.05) is 0 Å². The van der Waals surface area contributed by atoms with Crippen molar-refractivity contribution >= 4 is 11.0 Å². The average Bonchev–Trinajstić information content (AvgIpc) is 3.16. The fourth-order valence-corrected chi connectivity index (χ4v) is 4.21. The standard InChI is InChI=1S/C28H40N2O/c1-3-5-6-7-8-9-10-11-12-15-22-30-27-17-14-13-16-26(27)29-28(30)23-31-25-20-18-24(4-2)19-21-25/h13-14,16-21H,3-12,15,22-23H2,1-2H3. The highest BCUT2D eigenvalue weighted by Crippen LogP contribution is 2.20. The molecule has 0 aliphatic rings. The first kappa shape index (κ1) is 23.4. The van der Waals surface area contributed by atoms with Gasteiger partial charge in [-0.2, -0.15) is 0 Å². The van der Waals surface area contributed by atoms with Gasteiger partial charge in [0.05, 0.1) is 11.0 Å². The predicted octanol–water partition coefficient (Wildman–Crippen LogP) is 8.10. The van der Waals surface area contributed by atoms with E-state index in [0.29, 0.717) is 6.61 Å². The molecule has 168 valence electrons. The van der Waals surface area contributed by atoms with Gasteiger partial charge in [-0.25, -0.2) is 4.98 Å². The number of hydrogen-bond donors (Lipinski definition) is 0. The lowest BCUT2D eigenvalue weighted by Crippen LogP contribution is -2.07. The van der Waals surface area contributed by atoms with Gasteiger partial charge in [-0.1, -0.05) is 95.9 Å². The molecule has 0 aliphatic heterocycles. The number of rotatable bonds is 15. The maximum absolute atomic E-state index is 6.08. The molecule has 0 spiro atoms. The zero-order chi connectivity index (χ0) is 21.7. The molecular weight excluding hydrogens is 380 g/mol. The molecule has 3 nitrogen and oxygen atoms in total. The molecule has 0 saturated heterocycles. The van der Waals surface area contributed by atoms with Gasteiger partial charge >= 0.3 is 0 Å². The van der Waals surface area contributed by atoms with Crippen molar-refractivity contribution in [1.29, 1.82) is 0 Å². The van der Waals surface area contributed by atoms with E-state index < -0.39 is 0 Å². The van der Waals surface area contributed by atoms with E-state index in [1.807, 2.05) is 0 Å². The molecule has 0 unspecified atom stereocenters. The third-order valence-corrected chi connectivity index (χ3v) is 6.17. The number of unbranched alkanes of at least 4 members (excludes halogenated alkanes) is 9. The number of fused-ring (bicyclic) bond motifs is 1. The molecule has 1 aromatic heterocycles. The Morgan fingerprint density at radius 1 is 0.742 bits per heavy atom. The second-order valence-electron chi connectivity index (χ2n) is 8.64. The number of hydrogen-bond acceptors (Lipinski definition) is 2. The fraction of sp³-hybridized carbons (Fsp3) is 0.536. The van der Waals surface area contributed by atoms with E-state index in [2.05, 4.69) is 66.9 Å². The van der Waals surface area contributed by atoms with Crippen LogP contribution >= 0.6 is 0 Å². The monoisotopic (exact) mass is 420 g/mol. The molecule has 3 rings (SSSR count). The summed E-state index contributed by atoms with van der Waals surface area (Å²) in [7, 11) is 0. The molecule has 0 bridgehead atoms. The molecule has 1 heterocycles. The normalized spacial score (nSPS) is 11.3. The van der Waals surface area contributed by atoms with Gasteiger partial charge in [-0.3, -0.25) is 0 Å². The summed E-state index contributed by atoms with van der Waals surface area (Å²) in [6, 6.07) is 16.9. The van der Waals surface area contributed by atoms with Crippen molar-refractivity contribution in [1.82, 2.24) is 9.55 Å². The quantitative estimate of drug-likeness (QED) is 0.232. The molecule has 0 N–H and O–H groups in total. The number of imidazole rings is 1. The number of nitrogens with zero attached hydrogens (tertiary/aromatic N) is 2. The van der Waals surface area contributed by atoms with Crippen molar-refractivity contribution < 1.29 is 4.74 Å². The van der Waals surface area contributed by atoms with E-state index in [-0.39, 0.29) is 0 Å². The molecule has 0 aliphatic carbocycles. The van der Waals surface area contributed by atoms with Gasteiger partial charge in [-0.05, 0) is 42.7 Å². The molecule has 0 atom stereocenters. The molecule has 0 amide bonds. The van der Waals surface area contributed by atoms with Crippen molar-refractivity contribution in [2.45, 2.75) is 97.6 Å². The van der Waals surface area contributed by atoms with Crippen LogP contribution in [0.15, 0.2) is 48.5 Å². The highest BCUT2D eigenvalue weighted by Gasteiger charge is 2.11. The van der Waals surface area contributed by atoms with Crippen LogP contribution in [-0.4, -0.2) is 9.55 Å². The number of benzene rings is 2. The smallest absolute Gasteiger partial charge is 0.147 e. The summed E-state index contributed by atoms with van der Waals surface area (Å²) >= 11 is 0. The summed E-state index contributed by atoms with van der Waals surface area (Å²) in [5.41, 5.74) is 3.62. The molecule has 31 heavy (non-hydrogen) atoms. The molecule has 0 radical (unpaired) electrons. The van der Waals surface area contributed by atoms with E-state index in [9.17, 15) is 0 Å². The van der Waals surface area contributed by atoms with E-state index in [1.54, 1.807) is 0 Å². The average molecular weight is 421 g/mol. The van der Waals surface area contributed by atoms with Gasteiger partial charge in [0.1, 0.15) is 18.2 Å². The van der Waals surface area contributed by atoms with Gasteiger partial charge in [0.2, 0.25) is 0 Å². The first-order valence-corrected chi connectivity index (χ1v) is 12.5. The highest BCUT2D eigenvalue weighted by molar-refractivity contribution is 5.75. The van der Waals surface area contributed by atoms with Crippen LogP contribution in [0.25, 0.3) is 11.0 Å². The van der Waals surface area contributed by atoms with Gasteiger partial charge in [0.25, 0.3) is 0 Å². The predicted molar refractivity (Wildman–Crippen MR) is 132 cm³/mol. The van der Waals surface area contributed by atoms with Crippen LogP contribution in [-0.2, 0) is 19.6 Å². The maximum Gasteiger partial charge on any atom is 0.147 e. The van der Waals surface area contributed by atoms with E-state index in [4.69, 9.17) is 9.72 Å². The third kappa shape index (κ3) is 7.41. The first-order chi connectivity index (χ1) is 15.3. The van der Waals surface area contributed by atoms with Crippen LogP contribution < -0.4 is 4.74 Å².